The Kier molecular flexibility index (Phi) is 3.08. The van der Waals surface area contributed by atoms with Crippen LogP contribution in [0.2, 0.25) is 5.02 Å². The van der Waals surface area contributed by atoms with Crippen molar-refractivity contribution in [3.63, 3.8) is 0 Å². The molecule has 1 aliphatic carbocycles. The van der Waals surface area contributed by atoms with Crippen LogP contribution in [0.3, 0.4) is 0 Å². The van der Waals surface area contributed by atoms with Gasteiger partial charge in [-0.05, 0) is 71.9 Å². The Hall–Kier alpha value is -1.73. The zero-order chi connectivity index (χ0) is 13.4. The number of allylic oxidation sites excluding steroid dienone is 1. The van der Waals surface area contributed by atoms with Crippen molar-refractivity contribution >= 4 is 28.9 Å². The van der Waals surface area contributed by atoms with Gasteiger partial charge in [0.2, 0.25) is 0 Å². The fourth-order valence-electron chi connectivity index (χ4n) is 2.62. The molecule has 19 heavy (non-hydrogen) atoms. The molecule has 2 aromatic rings. The average molecular weight is 270 g/mol. The molecule has 1 aliphatic rings. The Morgan fingerprint density at radius 1 is 1.11 bits per heavy atom. The van der Waals surface area contributed by atoms with Crippen LogP contribution in [0.15, 0.2) is 36.4 Å². The van der Waals surface area contributed by atoms with Crippen molar-refractivity contribution in [1.29, 1.82) is 0 Å². The Morgan fingerprint density at radius 3 is 2.74 bits per heavy atom. The van der Waals surface area contributed by atoms with Crippen LogP contribution in [0.5, 0.6) is 0 Å². The summed E-state index contributed by atoms with van der Waals surface area (Å²) >= 11 is 6.30. The molecule has 0 aromatic heterocycles. The Balaban J connectivity index is 2.03. The van der Waals surface area contributed by atoms with Crippen LogP contribution in [-0.2, 0) is 6.42 Å². The molecule has 0 unspecified atom stereocenters. The predicted molar refractivity (Wildman–Crippen MR) is 83.2 cm³/mol. The lowest BCUT2D eigenvalue weighted by molar-refractivity contribution is 1.08. The van der Waals surface area contributed by atoms with Gasteiger partial charge in [0, 0.05) is 10.7 Å². The zero-order valence-electron chi connectivity index (χ0n) is 10.9. The second-order valence-electron chi connectivity index (χ2n) is 5.11. The third-order valence-electron chi connectivity index (χ3n) is 3.62. The highest BCUT2D eigenvalue weighted by molar-refractivity contribution is 6.32. The van der Waals surface area contributed by atoms with E-state index in [-0.39, 0.29) is 0 Å². The lowest BCUT2D eigenvalue weighted by Crippen LogP contribution is -1.87. The lowest BCUT2D eigenvalue weighted by Gasteiger charge is -2.04. The number of nitrogens with two attached hydrogens (primary N) is 1. The molecule has 0 aliphatic heterocycles. The number of hydrogen-bond acceptors (Lipinski definition) is 1. The number of nitrogen functional groups attached to an aromatic ring is 1. The van der Waals surface area contributed by atoms with Gasteiger partial charge < -0.3 is 5.73 Å². The molecule has 0 amide bonds. The van der Waals surface area contributed by atoms with Crippen molar-refractivity contribution in [2.24, 2.45) is 0 Å². The summed E-state index contributed by atoms with van der Waals surface area (Å²) in [6.07, 6.45) is 4.32. The topological polar surface area (TPSA) is 26.0 Å². The van der Waals surface area contributed by atoms with Crippen LogP contribution >= 0.6 is 11.6 Å². The fourth-order valence-corrected chi connectivity index (χ4v) is 2.91. The molecule has 3 rings (SSSR count). The first kappa shape index (κ1) is 12.3. The Bertz CT molecular complexity index is 671. The minimum absolute atomic E-state index is 0.816. The first-order valence-corrected chi connectivity index (χ1v) is 6.87. The quantitative estimate of drug-likeness (QED) is 0.745. The lowest BCUT2D eigenvalue weighted by atomic mass is 10.0. The summed E-state index contributed by atoms with van der Waals surface area (Å²) in [5, 5.41) is 0.816. The molecule has 0 heterocycles. The van der Waals surface area contributed by atoms with Crippen molar-refractivity contribution in [3.8, 4) is 0 Å². The van der Waals surface area contributed by atoms with Crippen molar-refractivity contribution < 1.29 is 0 Å². The van der Waals surface area contributed by atoms with E-state index < -0.39 is 0 Å². The van der Waals surface area contributed by atoms with Crippen LogP contribution in [0.1, 0.15) is 28.7 Å². The Morgan fingerprint density at radius 2 is 1.95 bits per heavy atom. The monoisotopic (exact) mass is 269 g/mol. The summed E-state index contributed by atoms with van der Waals surface area (Å²) in [4.78, 5) is 0. The van der Waals surface area contributed by atoms with Crippen molar-refractivity contribution in [2.75, 3.05) is 5.73 Å². The van der Waals surface area contributed by atoms with Crippen LogP contribution < -0.4 is 5.73 Å². The van der Waals surface area contributed by atoms with Crippen molar-refractivity contribution in [1.82, 2.24) is 0 Å². The van der Waals surface area contributed by atoms with E-state index in [0.29, 0.717) is 0 Å². The number of hydrogen-bond donors (Lipinski definition) is 1. The van der Waals surface area contributed by atoms with Gasteiger partial charge in [0.1, 0.15) is 0 Å². The van der Waals surface area contributed by atoms with Gasteiger partial charge in [-0.2, -0.15) is 0 Å². The summed E-state index contributed by atoms with van der Waals surface area (Å²) < 4.78 is 0. The molecular formula is C17H16ClN. The molecule has 1 nitrogen and oxygen atoms in total. The smallest absolute Gasteiger partial charge is 0.0481 e. The second-order valence-corrected chi connectivity index (χ2v) is 5.52. The van der Waals surface area contributed by atoms with Crippen LogP contribution in [-0.4, -0.2) is 0 Å². The first-order chi connectivity index (χ1) is 9.13. The van der Waals surface area contributed by atoms with Crippen molar-refractivity contribution in [3.05, 3.63) is 63.7 Å². The highest BCUT2D eigenvalue weighted by Gasteiger charge is 2.16. The number of fused-ring (bicyclic) bond motifs is 1. The van der Waals surface area contributed by atoms with Gasteiger partial charge in [-0.1, -0.05) is 29.8 Å². The van der Waals surface area contributed by atoms with Gasteiger partial charge in [0.05, 0.1) is 0 Å². The van der Waals surface area contributed by atoms with E-state index in [9.17, 15) is 0 Å². The maximum atomic E-state index is 6.30. The van der Waals surface area contributed by atoms with Gasteiger partial charge in [0.15, 0.2) is 0 Å². The minimum Gasteiger partial charge on any atom is -0.399 e. The SMILES string of the molecule is Cc1ccc(/C=C2/CCc3cc(N)ccc32)c(Cl)c1. The molecule has 0 radical (unpaired) electrons. The van der Waals surface area contributed by atoms with E-state index in [1.54, 1.807) is 0 Å². The first-order valence-electron chi connectivity index (χ1n) is 6.49. The number of rotatable bonds is 1. The summed E-state index contributed by atoms with van der Waals surface area (Å²) in [5.41, 5.74) is 12.9. The molecule has 2 heteroatoms. The normalized spacial score (nSPS) is 15.8. The summed E-state index contributed by atoms with van der Waals surface area (Å²) in [5.74, 6) is 0. The maximum absolute atomic E-state index is 6.30. The van der Waals surface area contributed by atoms with Gasteiger partial charge in [0.25, 0.3) is 0 Å². The third-order valence-corrected chi connectivity index (χ3v) is 3.95. The molecule has 2 N–H and O–H groups in total. The zero-order valence-corrected chi connectivity index (χ0v) is 11.7. The van der Waals surface area contributed by atoms with E-state index in [0.717, 1.165) is 29.1 Å². The van der Waals surface area contributed by atoms with Crippen molar-refractivity contribution in [2.45, 2.75) is 19.8 Å². The fraction of sp³-hybridized carbons (Fsp3) is 0.176. The molecule has 0 saturated heterocycles. The summed E-state index contributed by atoms with van der Waals surface area (Å²) in [7, 11) is 0. The molecule has 0 spiro atoms. The van der Waals surface area contributed by atoms with E-state index in [1.165, 1.54) is 22.3 Å². The second kappa shape index (κ2) is 4.75. The highest BCUT2D eigenvalue weighted by Crippen LogP contribution is 2.35. The standard InChI is InChI=1S/C17H16ClN/c1-11-2-3-14(17(18)8-11)9-12-4-5-13-10-15(19)6-7-16(12)13/h2-3,6-10H,4-5,19H2,1H3/b12-9-. The molecule has 0 fully saturated rings. The number of aryl methyl sites for hydroxylation is 2. The van der Waals surface area contributed by atoms with E-state index >= 15 is 0 Å². The molecule has 2 aromatic carbocycles. The van der Waals surface area contributed by atoms with E-state index in [2.05, 4.69) is 37.3 Å². The average Bonchev–Trinajstić information content (AvgIpc) is 2.75. The molecule has 0 bridgehead atoms. The molecule has 0 atom stereocenters. The van der Waals surface area contributed by atoms with Crippen LogP contribution in [0, 0.1) is 6.92 Å². The van der Waals surface area contributed by atoms with Gasteiger partial charge in [-0.3, -0.25) is 0 Å². The summed E-state index contributed by atoms with van der Waals surface area (Å²) in [6, 6.07) is 12.3. The number of benzene rings is 2. The van der Waals surface area contributed by atoms with Gasteiger partial charge in [-0.15, -0.1) is 0 Å². The van der Waals surface area contributed by atoms with Gasteiger partial charge in [-0.25, -0.2) is 0 Å². The third kappa shape index (κ3) is 2.39. The van der Waals surface area contributed by atoms with E-state index in [4.69, 9.17) is 17.3 Å². The molecule has 96 valence electrons. The minimum atomic E-state index is 0.816. The van der Waals surface area contributed by atoms with E-state index in [1.807, 2.05) is 12.1 Å². The van der Waals surface area contributed by atoms with Gasteiger partial charge >= 0.3 is 0 Å². The molecule has 0 saturated carbocycles. The Labute approximate surface area is 118 Å². The van der Waals surface area contributed by atoms with Crippen LogP contribution in [0.25, 0.3) is 11.6 Å². The largest absolute Gasteiger partial charge is 0.399 e. The van der Waals surface area contributed by atoms with Crippen LogP contribution in [0.4, 0.5) is 5.69 Å². The summed E-state index contributed by atoms with van der Waals surface area (Å²) in [6.45, 7) is 2.05. The number of anilines is 1. The molecular weight excluding hydrogens is 254 g/mol. The predicted octanol–water partition coefficient (Wildman–Crippen LogP) is 4.72. The highest BCUT2D eigenvalue weighted by atomic mass is 35.5. The maximum Gasteiger partial charge on any atom is 0.0481 e. The number of halogens is 1.